The maximum absolute atomic E-state index is 13.6. The van der Waals surface area contributed by atoms with E-state index in [0.717, 1.165) is 36.2 Å². The number of nitrogens with one attached hydrogen (secondary N) is 1. The molecule has 2 atom stereocenters. The topological polar surface area (TPSA) is 59.4 Å². The number of likely N-dealkylation sites (tertiary alicyclic amines) is 1. The number of fused-ring (bicyclic) bond motifs is 1. The van der Waals surface area contributed by atoms with E-state index < -0.39 is 0 Å². The lowest BCUT2D eigenvalue weighted by molar-refractivity contribution is -0.0238. The van der Waals surface area contributed by atoms with Crippen LogP contribution >= 0.6 is 0 Å². The second-order valence-electron chi connectivity index (χ2n) is 10.4. The van der Waals surface area contributed by atoms with E-state index in [2.05, 4.69) is 90.1 Å². The maximum Gasteiger partial charge on any atom is 0.259 e. The summed E-state index contributed by atoms with van der Waals surface area (Å²) in [5.74, 6) is 0.870. The average Bonchev–Trinajstić information content (AvgIpc) is 3.42. The fourth-order valence-corrected chi connectivity index (χ4v) is 5.73. The number of hydrogen-bond acceptors (Lipinski definition) is 4. The largest absolute Gasteiger partial charge is 0.365 e. The van der Waals surface area contributed by atoms with Crippen molar-refractivity contribution < 1.29 is 9.53 Å². The van der Waals surface area contributed by atoms with Crippen LogP contribution in [0.3, 0.4) is 0 Å². The first-order valence-electron chi connectivity index (χ1n) is 13.6. The predicted molar refractivity (Wildman–Crippen MR) is 149 cm³/mol. The van der Waals surface area contributed by atoms with E-state index in [1.807, 2.05) is 27.8 Å². The highest BCUT2D eigenvalue weighted by Crippen LogP contribution is 2.37. The molecule has 0 spiro atoms. The monoisotopic (exact) mass is 506 g/mol. The van der Waals surface area contributed by atoms with E-state index in [0.29, 0.717) is 18.7 Å². The number of anilines is 1. The summed E-state index contributed by atoms with van der Waals surface area (Å²) in [4.78, 5) is 15.6. The van der Waals surface area contributed by atoms with Crippen LogP contribution in [-0.2, 0) is 4.74 Å². The van der Waals surface area contributed by atoms with Crippen LogP contribution in [0.2, 0.25) is 0 Å². The van der Waals surface area contributed by atoms with Crippen LogP contribution in [0.15, 0.2) is 97.2 Å². The summed E-state index contributed by atoms with van der Waals surface area (Å²) in [6.07, 6.45) is 4.25. The van der Waals surface area contributed by atoms with Crippen molar-refractivity contribution in [1.82, 2.24) is 14.7 Å². The second-order valence-corrected chi connectivity index (χ2v) is 10.4. The van der Waals surface area contributed by atoms with Crippen molar-refractivity contribution in [2.24, 2.45) is 0 Å². The number of amides is 1. The van der Waals surface area contributed by atoms with E-state index in [9.17, 15) is 4.79 Å². The molecule has 2 unspecified atom stereocenters. The Morgan fingerprint density at radius 1 is 0.895 bits per heavy atom. The van der Waals surface area contributed by atoms with Crippen molar-refractivity contribution in [3.63, 3.8) is 0 Å². The number of carbonyl (C=O) groups excluding carboxylic acids is 1. The lowest BCUT2D eigenvalue weighted by Gasteiger charge is -2.35. The minimum Gasteiger partial charge on any atom is -0.365 e. The molecule has 0 radical (unpaired) electrons. The Balaban J connectivity index is 1.14. The van der Waals surface area contributed by atoms with Crippen LogP contribution in [0.5, 0.6) is 0 Å². The third-order valence-electron chi connectivity index (χ3n) is 7.80. The van der Waals surface area contributed by atoms with Crippen LogP contribution in [0.4, 0.5) is 5.82 Å². The first kappa shape index (κ1) is 24.4. The molecule has 4 aromatic rings. The summed E-state index contributed by atoms with van der Waals surface area (Å²) < 4.78 is 8.65. The highest BCUT2D eigenvalue weighted by atomic mass is 16.5. The van der Waals surface area contributed by atoms with Gasteiger partial charge < -0.3 is 15.0 Å². The van der Waals surface area contributed by atoms with Gasteiger partial charge >= 0.3 is 0 Å². The molecular formula is C32H34N4O2. The number of rotatable bonds is 6. The first-order valence-corrected chi connectivity index (χ1v) is 13.6. The van der Waals surface area contributed by atoms with Crippen LogP contribution in [0.25, 0.3) is 0 Å². The van der Waals surface area contributed by atoms with Gasteiger partial charge in [0.25, 0.3) is 5.91 Å². The summed E-state index contributed by atoms with van der Waals surface area (Å²) in [6, 6.07) is 31.6. The average molecular weight is 507 g/mol. The highest BCUT2D eigenvalue weighted by molar-refractivity contribution is 5.99. The Labute approximate surface area is 224 Å². The van der Waals surface area contributed by atoms with Gasteiger partial charge in [0, 0.05) is 13.1 Å². The van der Waals surface area contributed by atoms with Crippen LogP contribution < -0.4 is 5.32 Å². The molecule has 3 aromatic carbocycles. The lowest BCUT2D eigenvalue weighted by atomic mass is 9.97. The van der Waals surface area contributed by atoms with Gasteiger partial charge in [-0.25, -0.2) is 4.68 Å². The van der Waals surface area contributed by atoms with Crippen molar-refractivity contribution in [3.8, 4) is 0 Å². The number of nitrogens with zero attached hydrogens (tertiary/aromatic N) is 3. The molecule has 1 saturated heterocycles. The summed E-state index contributed by atoms with van der Waals surface area (Å²) in [5, 5.41) is 8.20. The molecule has 2 aliphatic rings. The van der Waals surface area contributed by atoms with Crippen LogP contribution in [-0.4, -0.2) is 39.8 Å². The standard InChI is InChI=1S/C32H34N4O2/c1-23-21-29(24-11-5-2-6-12-24)34-31-28(22-33-36(23)31)32(37)35-19-17-27(18-20-35)38-30(25-13-7-3-8-14-25)26-15-9-4-10-16-26/h2-16,22-23,27,29-30,34H,17-21H2,1H3. The number of piperidine rings is 1. The van der Waals surface area contributed by atoms with Gasteiger partial charge in [0.15, 0.2) is 0 Å². The molecule has 2 aliphatic heterocycles. The van der Waals surface area contributed by atoms with Crippen molar-refractivity contribution in [3.05, 3.63) is 119 Å². The smallest absolute Gasteiger partial charge is 0.259 e. The van der Waals surface area contributed by atoms with Gasteiger partial charge in [0.1, 0.15) is 17.5 Å². The number of ether oxygens (including phenoxy) is 1. The molecule has 6 rings (SSSR count). The number of carbonyl (C=O) groups is 1. The first-order chi connectivity index (χ1) is 18.7. The molecule has 0 saturated carbocycles. The van der Waals surface area contributed by atoms with Gasteiger partial charge in [0.2, 0.25) is 0 Å². The van der Waals surface area contributed by atoms with Crippen LogP contribution in [0.1, 0.15) is 71.4 Å². The molecule has 1 aromatic heterocycles. The fourth-order valence-electron chi connectivity index (χ4n) is 5.73. The van der Waals surface area contributed by atoms with Crippen molar-refractivity contribution >= 4 is 11.7 Å². The van der Waals surface area contributed by atoms with Gasteiger partial charge in [0.05, 0.1) is 24.4 Å². The van der Waals surface area contributed by atoms with Crippen molar-refractivity contribution in [2.45, 2.75) is 50.5 Å². The predicted octanol–water partition coefficient (Wildman–Crippen LogP) is 6.41. The zero-order chi connectivity index (χ0) is 25.9. The third kappa shape index (κ3) is 4.96. The Hall–Kier alpha value is -3.90. The molecule has 1 fully saturated rings. The molecule has 0 aliphatic carbocycles. The molecule has 38 heavy (non-hydrogen) atoms. The van der Waals surface area contributed by atoms with E-state index >= 15 is 0 Å². The Bertz CT molecular complexity index is 1310. The molecule has 194 valence electrons. The maximum atomic E-state index is 13.6. The lowest BCUT2D eigenvalue weighted by Crippen LogP contribution is -2.41. The summed E-state index contributed by atoms with van der Waals surface area (Å²) >= 11 is 0. The van der Waals surface area contributed by atoms with E-state index in [1.165, 1.54) is 5.56 Å². The van der Waals surface area contributed by atoms with Gasteiger partial charge in [-0.15, -0.1) is 0 Å². The number of aromatic nitrogens is 2. The fraction of sp³-hybridized carbons (Fsp3) is 0.312. The SMILES string of the molecule is CC1CC(c2ccccc2)Nc2c(C(=O)N3CCC(OC(c4ccccc4)c4ccccc4)CC3)cnn21. The number of hydrogen-bond donors (Lipinski definition) is 1. The molecule has 6 nitrogen and oxygen atoms in total. The zero-order valence-electron chi connectivity index (χ0n) is 21.7. The summed E-state index contributed by atoms with van der Waals surface area (Å²) in [5.41, 5.74) is 4.19. The van der Waals surface area contributed by atoms with E-state index in [1.54, 1.807) is 6.20 Å². The van der Waals surface area contributed by atoms with Crippen molar-refractivity contribution in [2.75, 3.05) is 18.4 Å². The minimum atomic E-state index is -0.118. The number of benzene rings is 3. The minimum absolute atomic E-state index is 0.0424. The van der Waals surface area contributed by atoms with Crippen LogP contribution in [0, 0.1) is 0 Å². The molecule has 0 bridgehead atoms. The Morgan fingerprint density at radius 2 is 1.47 bits per heavy atom. The highest BCUT2D eigenvalue weighted by Gasteiger charge is 2.33. The molecule has 3 heterocycles. The Morgan fingerprint density at radius 3 is 2.08 bits per heavy atom. The molecule has 6 heteroatoms. The second kappa shape index (κ2) is 10.8. The van der Waals surface area contributed by atoms with Gasteiger partial charge in [-0.1, -0.05) is 91.0 Å². The zero-order valence-corrected chi connectivity index (χ0v) is 21.7. The molecular weight excluding hydrogens is 472 g/mol. The van der Waals surface area contributed by atoms with E-state index in [4.69, 9.17) is 4.74 Å². The Kier molecular flexibility index (Phi) is 6.97. The van der Waals surface area contributed by atoms with E-state index in [-0.39, 0.29) is 30.2 Å². The van der Waals surface area contributed by atoms with Crippen molar-refractivity contribution in [1.29, 1.82) is 0 Å². The summed E-state index contributed by atoms with van der Waals surface area (Å²) in [7, 11) is 0. The third-order valence-corrected chi connectivity index (χ3v) is 7.80. The molecule has 1 N–H and O–H groups in total. The quantitative estimate of drug-likeness (QED) is 0.328. The normalized spacial score (nSPS) is 19.7. The van der Waals surface area contributed by atoms with Gasteiger partial charge in [-0.3, -0.25) is 4.79 Å². The summed E-state index contributed by atoms with van der Waals surface area (Å²) in [6.45, 7) is 3.50. The van der Waals surface area contributed by atoms with Gasteiger partial charge in [-0.05, 0) is 42.9 Å². The van der Waals surface area contributed by atoms with Gasteiger partial charge in [-0.2, -0.15) is 5.10 Å². The molecule has 1 amide bonds.